The van der Waals surface area contributed by atoms with Gasteiger partial charge in [0, 0.05) is 11.1 Å². The maximum absolute atomic E-state index is 13.2. The lowest BCUT2D eigenvalue weighted by molar-refractivity contribution is 0.0635. The van der Waals surface area contributed by atoms with Gasteiger partial charge in [-0.15, -0.1) is 0 Å². The van der Waals surface area contributed by atoms with Crippen LogP contribution < -0.4 is 23.2 Å². The van der Waals surface area contributed by atoms with Gasteiger partial charge in [0.05, 0.1) is 25.3 Å². The minimum absolute atomic E-state index is 0.0481. The van der Waals surface area contributed by atoms with E-state index in [4.69, 9.17) is 22.6 Å². The molecule has 0 saturated carbocycles. The summed E-state index contributed by atoms with van der Waals surface area (Å²) < 4.78 is 75.4. The number of hydrogen-bond acceptors (Lipinski definition) is 10. The minimum atomic E-state index is -3.95. The van der Waals surface area contributed by atoms with Crippen molar-refractivity contribution in [2.75, 3.05) is 24.9 Å². The Morgan fingerprint density at radius 2 is 1.40 bits per heavy atom. The molecule has 0 bridgehead atoms. The number of carbonyl (C=O) groups excluding carboxylic acids is 1. The number of carbonyl (C=O) groups is 1. The molecule has 1 N–H and O–H groups in total. The fourth-order valence-corrected chi connectivity index (χ4v) is 5.65. The number of rotatable bonds is 11. The fraction of sp³-hybridized carbons (Fsp3) is 0.265. The second-order valence-corrected chi connectivity index (χ2v) is 14.8. The predicted octanol–water partition coefficient (Wildman–Crippen LogP) is 6.94. The Balaban J connectivity index is 1.88. The number of hydrogen-bond donors (Lipinski definition) is 1. The number of anilines is 1. The second kappa shape index (κ2) is 13.9. The molecule has 4 aromatic rings. The van der Waals surface area contributed by atoms with Crippen LogP contribution in [0.15, 0.2) is 78.9 Å². The zero-order chi connectivity index (χ0) is 34.6. The first kappa shape index (κ1) is 35.1. The third kappa shape index (κ3) is 9.87. The van der Waals surface area contributed by atoms with Gasteiger partial charge < -0.3 is 22.6 Å². The first-order valence-corrected chi connectivity index (χ1v) is 18.0. The van der Waals surface area contributed by atoms with Gasteiger partial charge in [-0.3, -0.25) is 5.32 Å². The van der Waals surface area contributed by atoms with Gasteiger partial charge >= 0.3 is 26.3 Å². The number of aryl methyl sites for hydroxylation is 1. The van der Waals surface area contributed by atoms with Crippen molar-refractivity contribution in [3.05, 3.63) is 90.0 Å². The van der Waals surface area contributed by atoms with Gasteiger partial charge in [0.15, 0.2) is 17.2 Å². The summed E-state index contributed by atoms with van der Waals surface area (Å²) in [5.74, 6) is 0.544. The van der Waals surface area contributed by atoms with E-state index in [1.54, 1.807) is 45.0 Å². The van der Waals surface area contributed by atoms with Crippen molar-refractivity contribution < 1.29 is 44.2 Å². The third-order valence-electron chi connectivity index (χ3n) is 6.43. The van der Waals surface area contributed by atoms with Crippen molar-refractivity contribution in [1.29, 1.82) is 0 Å². The molecule has 0 atom stereocenters. The molecule has 0 saturated heterocycles. The first-order chi connectivity index (χ1) is 21.9. The van der Waals surface area contributed by atoms with Crippen molar-refractivity contribution in [2.45, 2.75) is 39.9 Å². The smallest absolute Gasteiger partial charge is 0.412 e. The molecule has 0 aromatic heterocycles. The minimum Gasteiger partial charge on any atom is -0.494 e. The van der Waals surface area contributed by atoms with Crippen LogP contribution in [0.1, 0.15) is 31.9 Å². The Morgan fingerprint density at radius 1 is 0.787 bits per heavy atom. The summed E-state index contributed by atoms with van der Waals surface area (Å²) in [6.07, 6.45) is 1.14. The molecule has 0 unspecified atom stereocenters. The molecule has 0 fully saturated rings. The molecule has 0 heterocycles. The molecule has 0 spiro atoms. The third-order valence-corrected chi connectivity index (χ3v) is 7.41. The molecule has 0 aliphatic carbocycles. The number of amides is 1. The zero-order valence-corrected chi connectivity index (χ0v) is 28.7. The Labute approximate surface area is 275 Å². The standard InChI is InChI=1S/C34H37NO10S2/c1-22-19-27(24-13-16-26(17-14-24)44-46(6,37)38)32(41-5)31(35-33(36)43-34(2,3)4)30(22)25-15-18-28(29(20-25)45-47(7,39)40)42-21-23-11-9-8-10-12-23/h8-20H,21H2,1-7H3,(H,35,36). The first-order valence-electron chi connectivity index (χ1n) is 14.3. The van der Waals surface area contributed by atoms with Crippen LogP contribution in [0.2, 0.25) is 0 Å². The summed E-state index contributed by atoms with van der Waals surface area (Å²) in [6, 6.07) is 22.3. The van der Waals surface area contributed by atoms with Crippen LogP contribution in [0.25, 0.3) is 22.3 Å². The summed E-state index contributed by atoms with van der Waals surface area (Å²) in [5.41, 5.74) is 3.17. The Hall–Kier alpha value is -4.75. The van der Waals surface area contributed by atoms with Gasteiger partial charge in [-0.25, -0.2) is 4.79 Å². The molecule has 4 rings (SSSR count). The highest BCUT2D eigenvalue weighted by atomic mass is 32.2. The maximum atomic E-state index is 13.2. The summed E-state index contributed by atoms with van der Waals surface area (Å²) in [4.78, 5) is 13.2. The largest absolute Gasteiger partial charge is 0.494 e. The molecular formula is C34H37NO10S2. The molecule has 1 amide bonds. The Kier molecular flexibility index (Phi) is 10.4. The average molecular weight is 684 g/mol. The van der Waals surface area contributed by atoms with Gasteiger partial charge in [-0.05, 0) is 80.3 Å². The highest BCUT2D eigenvalue weighted by Crippen LogP contribution is 2.47. The molecule has 4 aromatic carbocycles. The van der Waals surface area contributed by atoms with Crippen LogP contribution in [0, 0.1) is 6.92 Å². The molecule has 0 radical (unpaired) electrons. The lowest BCUT2D eigenvalue weighted by Gasteiger charge is -2.24. The molecular weight excluding hydrogens is 647 g/mol. The molecule has 0 aliphatic rings. The quantitative estimate of drug-likeness (QED) is 0.165. The lowest BCUT2D eigenvalue weighted by Crippen LogP contribution is -2.27. The second-order valence-electron chi connectivity index (χ2n) is 11.7. The molecule has 47 heavy (non-hydrogen) atoms. The molecule has 250 valence electrons. The van der Waals surface area contributed by atoms with Crippen molar-refractivity contribution in [1.82, 2.24) is 0 Å². The van der Waals surface area contributed by atoms with Crippen LogP contribution in [0.4, 0.5) is 10.5 Å². The zero-order valence-electron chi connectivity index (χ0n) is 27.1. The molecule has 13 heteroatoms. The van der Waals surface area contributed by atoms with Gasteiger partial charge in [-0.2, -0.15) is 16.8 Å². The van der Waals surface area contributed by atoms with Crippen molar-refractivity contribution >= 4 is 32.0 Å². The highest BCUT2D eigenvalue weighted by molar-refractivity contribution is 7.86. The summed E-state index contributed by atoms with van der Waals surface area (Å²) in [6.45, 7) is 7.18. The van der Waals surface area contributed by atoms with E-state index in [-0.39, 0.29) is 35.3 Å². The van der Waals surface area contributed by atoms with Crippen LogP contribution in [0.3, 0.4) is 0 Å². The number of nitrogens with one attached hydrogen (secondary N) is 1. The van der Waals surface area contributed by atoms with E-state index in [1.165, 1.54) is 25.3 Å². The van der Waals surface area contributed by atoms with Crippen LogP contribution >= 0.6 is 0 Å². The van der Waals surface area contributed by atoms with E-state index in [0.29, 0.717) is 27.8 Å². The normalized spacial score (nSPS) is 11.8. The molecule has 0 aliphatic heterocycles. The SMILES string of the molecule is COc1c(-c2ccc(OS(C)(=O)=O)cc2)cc(C)c(-c2ccc(OCc3ccccc3)c(OS(C)(=O)=O)c2)c1NC(=O)OC(C)(C)C. The topological polar surface area (TPSA) is 144 Å². The van der Waals surface area contributed by atoms with Crippen molar-refractivity contribution in [3.8, 4) is 45.3 Å². The fourth-order valence-electron chi connectivity index (χ4n) is 4.73. The van der Waals surface area contributed by atoms with E-state index in [0.717, 1.165) is 18.1 Å². The maximum Gasteiger partial charge on any atom is 0.412 e. The monoisotopic (exact) mass is 683 g/mol. The summed E-state index contributed by atoms with van der Waals surface area (Å²) >= 11 is 0. The van der Waals surface area contributed by atoms with Crippen LogP contribution in [0.5, 0.6) is 23.0 Å². The predicted molar refractivity (Wildman–Crippen MR) is 180 cm³/mol. The number of methoxy groups -OCH3 is 1. The van der Waals surface area contributed by atoms with E-state index in [9.17, 15) is 21.6 Å². The highest BCUT2D eigenvalue weighted by Gasteiger charge is 2.25. The Bertz CT molecular complexity index is 1970. The summed E-state index contributed by atoms with van der Waals surface area (Å²) in [5, 5.41) is 2.83. The van der Waals surface area contributed by atoms with Crippen LogP contribution in [-0.4, -0.2) is 48.2 Å². The van der Waals surface area contributed by atoms with Crippen molar-refractivity contribution in [2.24, 2.45) is 0 Å². The lowest BCUT2D eigenvalue weighted by atomic mass is 9.92. The van der Waals surface area contributed by atoms with E-state index < -0.39 is 31.9 Å². The van der Waals surface area contributed by atoms with Gasteiger partial charge in [-0.1, -0.05) is 48.5 Å². The van der Waals surface area contributed by atoms with E-state index in [1.807, 2.05) is 43.3 Å². The van der Waals surface area contributed by atoms with E-state index in [2.05, 4.69) is 5.32 Å². The van der Waals surface area contributed by atoms with Crippen LogP contribution in [-0.2, 0) is 31.6 Å². The van der Waals surface area contributed by atoms with Gasteiger partial charge in [0.1, 0.15) is 18.0 Å². The van der Waals surface area contributed by atoms with Gasteiger partial charge in [0.25, 0.3) is 0 Å². The Morgan fingerprint density at radius 3 is 1.98 bits per heavy atom. The number of benzene rings is 4. The van der Waals surface area contributed by atoms with E-state index >= 15 is 0 Å². The van der Waals surface area contributed by atoms with Crippen molar-refractivity contribution in [3.63, 3.8) is 0 Å². The number of ether oxygens (including phenoxy) is 3. The average Bonchev–Trinajstić information content (AvgIpc) is 2.95. The summed E-state index contributed by atoms with van der Waals surface area (Å²) in [7, 11) is -6.24. The molecule has 11 nitrogen and oxygen atoms in total. The van der Waals surface area contributed by atoms with Gasteiger partial charge in [0.2, 0.25) is 0 Å².